The number of rotatable bonds is 4. The van der Waals surface area contributed by atoms with Crippen molar-refractivity contribution in [3.8, 4) is 0 Å². The molecule has 2 aromatic carbocycles. The van der Waals surface area contributed by atoms with Crippen LogP contribution in [0.2, 0.25) is 0 Å². The summed E-state index contributed by atoms with van der Waals surface area (Å²) in [6, 6.07) is 11.8. The van der Waals surface area contributed by atoms with Crippen molar-refractivity contribution in [2.45, 2.75) is 40.2 Å². The monoisotopic (exact) mass is 397 g/mol. The SMILES string of the molecule is Cc1cc(C)cc(NC(=O)N2CCC[C@](C)(C(=O)NCc3ccc(F)cc3)C2)c1. The van der Waals surface area contributed by atoms with Crippen LogP contribution in [-0.2, 0) is 11.3 Å². The zero-order chi connectivity index (χ0) is 21.0. The highest BCUT2D eigenvalue weighted by molar-refractivity contribution is 5.90. The number of aryl methyl sites for hydroxylation is 2. The lowest BCUT2D eigenvalue weighted by Gasteiger charge is -2.39. The van der Waals surface area contributed by atoms with E-state index < -0.39 is 5.41 Å². The van der Waals surface area contributed by atoms with Gasteiger partial charge in [-0.2, -0.15) is 0 Å². The number of hydrogen-bond donors (Lipinski definition) is 2. The van der Waals surface area contributed by atoms with E-state index in [1.165, 1.54) is 12.1 Å². The number of nitrogens with one attached hydrogen (secondary N) is 2. The molecule has 3 rings (SSSR count). The largest absolute Gasteiger partial charge is 0.351 e. The van der Waals surface area contributed by atoms with E-state index in [1.54, 1.807) is 17.0 Å². The summed E-state index contributed by atoms with van der Waals surface area (Å²) < 4.78 is 13.0. The molecule has 1 fully saturated rings. The first-order valence-corrected chi connectivity index (χ1v) is 9.92. The standard InChI is InChI=1S/C23H28FN3O2/c1-16-11-17(2)13-20(12-16)26-22(29)27-10-4-9-23(3,15-27)21(28)25-14-18-5-7-19(24)8-6-18/h5-8,11-13H,4,9-10,14-15H2,1-3H3,(H,25,28)(H,26,29)/t23-/m0/s1. The maximum Gasteiger partial charge on any atom is 0.321 e. The summed E-state index contributed by atoms with van der Waals surface area (Å²) in [5.74, 6) is -0.393. The van der Waals surface area contributed by atoms with Crippen molar-refractivity contribution in [3.63, 3.8) is 0 Å². The minimum absolute atomic E-state index is 0.0919. The Balaban J connectivity index is 1.60. The van der Waals surface area contributed by atoms with Gasteiger partial charge in [0.1, 0.15) is 5.82 Å². The number of nitrogens with zero attached hydrogens (tertiary/aromatic N) is 1. The molecule has 6 heteroatoms. The zero-order valence-electron chi connectivity index (χ0n) is 17.2. The summed E-state index contributed by atoms with van der Waals surface area (Å²) in [5.41, 5.74) is 3.12. The Morgan fingerprint density at radius 2 is 1.76 bits per heavy atom. The van der Waals surface area contributed by atoms with Gasteiger partial charge in [0, 0.05) is 25.3 Å². The third-order valence-corrected chi connectivity index (χ3v) is 5.37. The van der Waals surface area contributed by atoms with E-state index in [-0.39, 0.29) is 17.8 Å². The minimum Gasteiger partial charge on any atom is -0.351 e. The second-order valence-corrected chi connectivity index (χ2v) is 8.20. The molecule has 29 heavy (non-hydrogen) atoms. The van der Waals surface area contributed by atoms with Gasteiger partial charge in [0.25, 0.3) is 0 Å². The van der Waals surface area contributed by atoms with E-state index in [1.807, 2.05) is 32.9 Å². The molecular formula is C23H28FN3O2. The van der Waals surface area contributed by atoms with Gasteiger partial charge in [-0.3, -0.25) is 4.79 Å². The van der Waals surface area contributed by atoms with E-state index in [2.05, 4.69) is 16.7 Å². The first-order chi connectivity index (χ1) is 13.7. The average Bonchev–Trinajstić information content (AvgIpc) is 2.66. The third-order valence-electron chi connectivity index (χ3n) is 5.37. The van der Waals surface area contributed by atoms with Crippen molar-refractivity contribution in [1.82, 2.24) is 10.2 Å². The van der Waals surface area contributed by atoms with Crippen LogP contribution >= 0.6 is 0 Å². The number of carbonyl (C=O) groups excluding carboxylic acids is 2. The molecule has 0 bridgehead atoms. The summed E-state index contributed by atoms with van der Waals surface area (Å²) in [6.07, 6.45) is 1.48. The van der Waals surface area contributed by atoms with E-state index >= 15 is 0 Å². The molecule has 0 aromatic heterocycles. The lowest BCUT2D eigenvalue weighted by molar-refractivity contribution is -0.132. The number of anilines is 1. The van der Waals surface area contributed by atoms with E-state index in [0.717, 1.165) is 35.2 Å². The Morgan fingerprint density at radius 1 is 1.10 bits per heavy atom. The molecule has 3 amide bonds. The fraction of sp³-hybridized carbons (Fsp3) is 0.391. The molecule has 1 saturated heterocycles. The van der Waals surface area contributed by atoms with Gasteiger partial charge in [-0.25, -0.2) is 9.18 Å². The van der Waals surface area contributed by atoms with Crippen LogP contribution < -0.4 is 10.6 Å². The van der Waals surface area contributed by atoms with Gasteiger partial charge in [-0.15, -0.1) is 0 Å². The smallest absolute Gasteiger partial charge is 0.321 e. The van der Waals surface area contributed by atoms with Crippen molar-refractivity contribution in [2.75, 3.05) is 18.4 Å². The van der Waals surface area contributed by atoms with Crippen molar-refractivity contribution in [2.24, 2.45) is 5.41 Å². The van der Waals surface area contributed by atoms with Crippen LogP contribution in [0.15, 0.2) is 42.5 Å². The van der Waals surface area contributed by atoms with Crippen LogP contribution in [0.25, 0.3) is 0 Å². The fourth-order valence-electron chi connectivity index (χ4n) is 3.85. The van der Waals surface area contributed by atoms with Crippen molar-refractivity contribution >= 4 is 17.6 Å². The Morgan fingerprint density at radius 3 is 2.41 bits per heavy atom. The maximum atomic E-state index is 13.0. The van der Waals surface area contributed by atoms with Gasteiger partial charge in [-0.05, 0) is 74.6 Å². The lowest BCUT2D eigenvalue weighted by atomic mass is 9.81. The van der Waals surface area contributed by atoms with Crippen molar-refractivity contribution < 1.29 is 14.0 Å². The highest BCUT2D eigenvalue weighted by Crippen LogP contribution is 2.30. The molecule has 1 aliphatic rings. The number of hydrogen-bond acceptors (Lipinski definition) is 2. The maximum absolute atomic E-state index is 13.0. The molecule has 0 spiro atoms. The van der Waals surface area contributed by atoms with Gasteiger partial charge >= 0.3 is 6.03 Å². The molecule has 154 valence electrons. The van der Waals surface area contributed by atoms with Crippen molar-refractivity contribution in [3.05, 3.63) is 65.0 Å². The van der Waals surface area contributed by atoms with Crippen LogP contribution in [-0.4, -0.2) is 29.9 Å². The van der Waals surface area contributed by atoms with E-state index in [9.17, 15) is 14.0 Å². The number of likely N-dealkylation sites (tertiary alicyclic amines) is 1. The number of carbonyl (C=O) groups is 2. The van der Waals surface area contributed by atoms with Gasteiger partial charge in [0.05, 0.1) is 5.41 Å². The number of halogens is 1. The van der Waals surface area contributed by atoms with Gasteiger partial charge in [0.15, 0.2) is 0 Å². The predicted molar refractivity (Wildman–Crippen MR) is 112 cm³/mol. The molecule has 1 aliphatic heterocycles. The molecule has 0 radical (unpaired) electrons. The number of benzene rings is 2. The minimum atomic E-state index is -0.655. The molecule has 0 unspecified atom stereocenters. The molecule has 2 N–H and O–H groups in total. The second-order valence-electron chi connectivity index (χ2n) is 8.20. The second kappa shape index (κ2) is 8.64. The summed E-state index contributed by atoms with van der Waals surface area (Å²) in [5, 5.41) is 5.89. The highest BCUT2D eigenvalue weighted by atomic mass is 19.1. The molecule has 1 atom stereocenters. The summed E-state index contributed by atoms with van der Waals surface area (Å²) in [6.45, 7) is 7.20. The van der Waals surface area contributed by atoms with Crippen LogP contribution in [0.3, 0.4) is 0 Å². The Labute approximate surface area is 171 Å². The fourth-order valence-corrected chi connectivity index (χ4v) is 3.85. The van der Waals surface area contributed by atoms with Crippen LogP contribution in [0.5, 0.6) is 0 Å². The molecule has 5 nitrogen and oxygen atoms in total. The first kappa shape index (κ1) is 20.8. The summed E-state index contributed by atoms with van der Waals surface area (Å²) >= 11 is 0. The Kier molecular flexibility index (Phi) is 6.20. The molecule has 0 saturated carbocycles. The Hall–Kier alpha value is -2.89. The van der Waals surface area contributed by atoms with Crippen LogP contribution in [0.4, 0.5) is 14.9 Å². The lowest BCUT2D eigenvalue weighted by Crippen LogP contribution is -2.52. The molecule has 0 aliphatic carbocycles. The van der Waals surface area contributed by atoms with Gasteiger partial charge < -0.3 is 15.5 Å². The number of urea groups is 1. The molecule has 2 aromatic rings. The van der Waals surface area contributed by atoms with E-state index in [0.29, 0.717) is 19.6 Å². The van der Waals surface area contributed by atoms with E-state index in [4.69, 9.17) is 0 Å². The molecule has 1 heterocycles. The van der Waals surface area contributed by atoms with Gasteiger partial charge in [-0.1, -0.05) is 18.2 Å². The van der Waals surface area contributed by atoms with Gasteiger partial charge in [0.2, 0.25) is 5.91 Å². The molecular weight excluding hydrogens is 369 g/mol. The zero-order valence-corrected chi connectivity index (χ0v) is 17.2. The van der Waals surface area contributed by atoms with Crippen LogP contribution in [0.1, 0.15) is 36.5 Å². The Bertz CT molecular complexity index is 877. The number of piperidine rings is 1. The predicted octanol–water partition coefficient (Wildman–Crippen LogP) is 4.39. The van der Waals surface area contributed by atoms with Crippen LogP contribution in [0, 0.1) is 25.1 Å². The third kappa shape index (κ3) is 5.34. The number of amides is 3. The summed E-state index contributed by atoms with van der Waals surface area (Å²) in [4.78, 5) is 27.3. The highest BCUT2D eigenvalue weighted by Gasteiger charge is 2.39. The van der Waals surface area contributed by atoms with Crippen molar-refractivity contribution in [1.29, 1.82) is 0 Å². The quantitative estimate of drug-likeness (QED) is 0.804. The normalized spacial score (nSPS) is 19.0. The average molecular weight is 397 g/mol. The summed E-state index contributed by atoms with van der Waals surface area (Å²) in [7, 11) is 0. The first-order valence-electron chi connectivity index (χ1n) is 9.92. The topological polar surface area (TPSA) is 61.4 Å².